The van der Waals surface area contributed by atoms with Crippen LogP contribution in [0, 0.1) is 0 Å². The van der Waals surface area contributed by atoms with Crippen LogP contribution in [0.5, 0.6) is 0 Å². The van der Waals surface area contributed by atoms with Crippen molar-refractivity contribution in [2.45, 2.75) is 19.4 Å². The van der Waals surface area contributed by atoms with Gasteiger partial charge in [0.2, 0.25) is 0 Å². The molecule has 2 N–H and O–H groups in total. The normalized spacial score (nSPS) is 19.2. The highest BCUT2D eigenvalue weighted by Gasteiger charge is 2.34. The number of carbonyl (C=O) groups is 2. The lowest BCUT2D eigenvalue weighted by Crippen LogP contribution is -2.34. The number of cyclic esters (lactones) is 1. The summed E-state index contributed by atoms with van der Waals surface area (Å²) in [6.45, 7) is 2.31. The topological polar surface area (TPSA) is 72.6 Å². The van der Waals surface area contributed by atoms with Gasteiger partial charge in [-0.2, -0.15) is 0 Å². The number of nitrogens with zero attached hydrogens (tertiary/aromatic N) is 1. The van der Waals surface area contributed by atoms with Gasteiger partial charge in [-0.3, -0.25) is 9.69 Å². The molecule has 5 heteroatoms. The Morgan fingerprint density at radius 2 is 2.24 bits per heavy atom. The Balaban J connectivity index is 2.45. The van der Waals surface area contributed by atoms with Crippen LogP contribution in [0.25, 0.3) is 0 Å². The smallest absolute Gasteiger partial charge is 0.414 e. The highest BCUT2D eigenvalue weighted by atomic mass is 16.6. The summed E-state index contributed by atoms with van der Waals surface area (Å²) in [5.41, 5.74) is 6.16. The first-order valence-electron chi connectivity index (χ1n) is 5.50. The van der Waals surface area contributed by atoms with Crippen molar-refractivity contribution in [2.75, 3.05) is 11.5 Å². The van der Waals surface area contributed by atoms with Gasteiger partial charge >= 0.3 is 6.09 Å². The molecule has 1 fully saturated rings. The second-order valence-corrected chi connectivity index (χ2v) is 3.89. The van der Waals surface area contributed by atoms with Crippen LogP contribution in [-0.2, 0) is 4.74 Å². The van der Waals surface area contributed by atoms with Gasteiger partial charge in [-0.15, -0.1) is 0 Å². The van der Waals surface area contributed by atoms with Crippen molar-refractivity contribution in [1.82, 2.24) is 0 Å². The van der Waals surface area contributed by atoms with Gasteiger partial charge < -0.3 is 10.5 Å². The molecule has 1 saturated heterocycles. The van der Waals surface area contributed by atoms with Gasteiger partial charge in [0.15, 0.2) is 0 Å². The molecule has 90 valence electrons. The number of hydrogen-bond acceptors (Lipinski definition) is 3. The maximum Gasteiger partial charge on any atom is 0.414 e. The van der Waals surface area contributed by atoms with E-state index in [1.807, 2.05) is 6.92 Å². The minimum atomic E-state index is -0.546. The second kappa shape index (κ2) is 4.45. The molecule has 0 aliphatic carbocycles. The molecule has 0 unspecified atom stereocenters. The molecule has 2 amide bonds. The third kappa shape index (κ3) is 1.95. The van der Waals surface area contributed by atoms with Gasteiger partial charge in [0.1, 0.15) is 6.61 Å². The second-order valence-electron chi connectivity index (χ2n) is 3.89. The average molecular weight is 234 g/mol. The van der Waals surface area contributed by atoms with Crippen molar-refractivity contribution in [1.29, 1.82) is 0 Å². The zero-order valence-corrected chi connectivity index (χ0v) is 9.55. The lowest BCUT2D eigenvalue weighted by molar-refractivity contribution is 0.100. The lowest BCUT2D eigenvalue weighted by atomic mass is 10.1. The summed E-state index contributed by atoms with van der Waals surface area (Å²) in [4.78, 5) is 24.5. The van der Waals surface area contributed by atoms with E-state index in [1.54, 1.807) is 24.3 Å². The molecule has 5 nitrogen and oxygen atoms in total. The Labute approximate surface area is 99.2 Å². The zero-order chi connectivity index (χ0) is 12.4. The Morgan fingerprint density at radius 3 is 2.88 bits per heavy atom. The third-order valence-electron chi connectivity index (χ3n) is 2.86. The molecule has 1 atom stereocenters. The minimum Gasteiger partial charge on any atom is -0.447 e. The Bertz CT molecular complexity index is 459. The molecule has 0 spiro atoms. The first kappa shape index (κ1) is 11.4. The van der Waals surface area contributed by atoms with E-state index >= 15 is 0 Å². The van der Waals surface area contributed by atoms with Crippen LogP contribution in [0.1, 0.15) is 23.7 Å². The standard InChI is InChI=1S/C12H14N2O3/c1-2-8-7-17-12(16)14(8)10-6-4-3-5-9(10)11(13)15/h3-6,8H,2,7H2,1H3,(H2,13,15)/t8-/m1/s1. The predicted molar refractivity (Wildman–Crippen MR) is 62.9 cm³/mol. The summed E-state index contributed by atoms with van der Waals surface area (Å²) in [6.07, 6.45) is 0.337. The molecule has 1 aliphatic rings. The predicted octanol–water partition coefficient (Wildman–Crippen LogP) is 1.52. The summed E-state index contributed by atoms with van der Waals surface area (Å²) in [5, 5.41) is 0. The maximum atomic E-state index is 11.7. The van der Waals surface area contributed by atoms with Crippen LogP contribution in [0.2, 0.25) is 0 Å². The Morgan fingerprint density at radius 1 is 1.53 bits per heavy atom. The zero-order valence-electron chi connectivity index (χ0n) is 9.55. The minimum absolute atomic E-state index is 0.0389. The molecular weight excluding hydrogens is 220 g/mol. The molecule has 0 saturated carbocycles. The fourth-order valence-electron chi connectivity index (χ4n) is 1.95. The van der Waals surface area contributed by atoms with E-state index in [2.05, 4.69) is 0 Å². The molecule has 1 heterocycles. The van der Waals surface area contributed by atoms with Crippen LogP contribution in [-0.4, -0.2) is 24.6 Å². The van der Waals surface area contributed by atoms with E-state index in [4.69, 9.17) is 10.5 Å². The quantitative estimate of drug-likeness (QED) is 0.861. The van der Waals surface area contributed by atoms with Crippen molar-refractivity contribution in [3.05, 3.63) is 29.8 Å². The number of anilines is 1. The van der Waals surface area contributed by atoms with Gasteiger partial charge in [-0.05, 0) is 18.6 Å². The van der Waals surface area contributed by atoms with Crippen molar-refractivity contribution in [3.8, 4) is 0 Å². The number of hydrogen-bond donors (Lipinski definition) is 1. The summed E-state index contributed by atoms with van der Waals surface area (Å²) >= 11 is 0. The van der Waals surface area contributed by atoms with Gasteiger partial charge in [-0.1, -0.05) is 19.1 Å². The van der Waals surface area contributed by atoms with E-state index < -0.39 is 12.0 Å². The molecule has 2 rings (SSSR count). The SMILES string of the molecule is CC[C@@H]1COC(=O)N1c1ccccc1C(N)=O. The fraction of sp³-hybridized carbons (Fsp3) is 0.333. The summed E-state index contributed by atoms with van der Waals surface area (Å²) in [7, 11) is 0. The highest BCUT2D eigenvalue weighted by molar-refractivity contribution is 6.03. The lowest BCUT2D eigenvalue weighted by Gasteiger charge is -2.21. The molecule has 1 aromatic carbocycles. The van der Waals surface area contributed by atoms with Gasteiger partial charge in [0, 0.05) is 0 Å². The summed E-state index contributed by atoms with van der Waals surface area (Å²) < 4.78 is 4.99. The number of para-hydroxylation sites is 1. The molecule has 1 aromatic rings. The van der Waals surface area contributed by atoms with E-state index in [0.717, 1.165) is 6.42 Å². The van der Waals surface area contributed by atoms with Crippen LogP contribution in [0.15, 0.2) is 24.3 Å². The van der Waals surface area contributed by atoms with Gasteiger partial charge in [0.05, 0.1) is 17.3 Å². The first-order chi connectivity index (χ1) is 8.15. The first-order valence-corrected chi connectivity index (χ1v) is 5.50. The van der Waals surface area contributed by atoms with E-state index in [9.17, 15) is 9.59 Å². The Kier molecular flexibility index (Phi) is 2.99. The van der Waals surface area contributed by atoms with Crippen LogP contribution in [0.3, 0.4) is 0 Å². The number of nitrogens with two attached hydrogens (primary N) is 1. The van der Waals surface area contributed by atoms with E-state index in [-0.39, 0.29) is 6.04 Å². The third-order valence-corrected chi connectivity index (χ3v) is 2.86. The number of carbonyl (C=O) groups excluding carboxylic acids is 2. The van der Waals surface area contributed by atoms with Gasteiger partial charge in [-0.25, -0.2) is 4.79 Å². The van der Waals surface area contributed by atoms with Crippen molar-refractivity contribution in [3.63, 3.8) is 0 Å². The fourth-order valence-corrected chi connectivity index (χ4v) is 1.95. The van der Waals surface area contributed by atoms with Crippen LogP contribution < -0.4 is 10.6 Å². The summed E-state index contributed by atoms with van der Waals surface area (Å²) in [6, 6.07) is 6.75. The summed E-state index contributed by atoms with van der Waals surface area (Å²) in [5.74, 6) is -0.546. The van der Waals surface area contributed by atoms with Crippen molar-refractivity contribution < 1.29 is 14.3 Å². The number of ether oxygens (including phenoxy) is 1. The van der Waals surface area contributed by atoms with Gasteiger partial charge in [0.25, 0.3) is 5.91 Å². The molecule has 0 aromatic heterocycles. The highest BCUT2D eigenvalue weighted by Crippen LogP contribution is 2.27. The molecular formula is C12H14N2O3. The van der Waals surface area contributed by atoms with Crippen molar-refractivity contribution >= 4 is 17.7 Å². The van der Waals surface area contributed by atoms with E-state index in [0.29, 0.717) is 17.9 Å². The van der Waals surface area contributed by atoms with Crippen LogP contribution in [0.4, 0.5) is 10.5 Å². The Hall–Kier alpha value is -2.04. The number of primary amides is 1. The monoisotopic (exact) mass is 234 g/mol. The largest absolute Gasteiger partial charge is 0.447 e. The maximum absolute atomic E-state index is 11.7. The molecule has 17 heavy (non-hydrogen) atoms. The average Bonchev–Trinajstić information content (AvgIpc) is 2.70. The van der Waals surface area contributed by atoms with Crippen molar-refractivity contribution in [2.24, 2.45) is 5.73 Å². The molecule has 0 bridgehead atoms. The molecule has 1 aliphatic heterocycles. The van der Waals surface area contributed by atoms with Crippen LogP contribution >= 0.6 is 0 Å². The molecule has 0 radical (unpaired) electrons. The number of rotatable bonds is 3. The number of benzene rings is 1. The number of amides is 2. The van der Waals surface area contributed by atoms with E-state index in [1.165, 1.54) is 4.90 Å².